The number of thiophene rings is 1. The molecule has 154 valence electrons. The van der Waals surface area contributed by atoms with Crippen LogP contribution in [0, 0.1) is 20.8 Å². The number of nitrogens with zero attached hydrogens (tertiary/aromatic N) is 3. The number of nitrogens with one attached hydrogen (secondary N) is 1. The number of hydrogen-bond donors (Lipinski definition) is 1. The first-order valence-electron chi connectivity index (χ1n) is 9.62. The van der Waals surface area contributed by atoms with Crippen molar-refractivity contribution in [3.05, 3.63) is 86.5 Å². The molecule has 1 atom stereocenters. The highest BCUT2D eigenvalue weighted by atomic mass is 32.1. The molecule has 4 rings (SSSR count). The average Bonchev–Trinajstić information content (AvgIpc) is 3.46. The molecule has 1 amide bonds. The number of carbonyl (C=O) groups excluding carboxylic acids is 1. The smallest absolute Gasteiger partial charge is 0.274 e. The largest absolute Gasteiger partial charge is 0.361 e. The molecule has 0 saturated heterocycles. The van der Waals surface area contributed by atoms with Crippen LogP contribution in [0.1, 0.15) is 56.1 Å². The Labute approximate surface area is 178 Å². The molecule has 0 aliphatic carbocycles. The predicted octanol–water partition coefficient (Wildman–Crippen LogP) is 4.35. The van der Waals surface area contributed by atoms with Gasteiger partial charge in [-0.25, -0.2) is 0 Å². The van der Waals surface area contributed by atoms with Crippen LogP contribution in [0.15, 0.2) is 50.3 Å². The molecule has 0 radical (unpaired) electrons. The third-order valence-electron chi connectivity index (χ3n) is 5.10. The summed E-state index contributed by atoms with van der Waals surface area (Å²) in [7, 11) is 0. The van der Waals surface area contributed by atoms with Crippen molar-refractivity contribution in [3.8, 4) is 0 Å². The van der Waals surface area contributed by atoms with E-state index < -0.39 is 0 Å². The fourth-order valence-corrected chi connectivity index (χ4v) is 4.07. The molecule has 4 aromatic rings. The van der Waals surface area contributed by atoms with Crippen LogP contribution in [0.5, 0.6) is 0 Å². The Morgan fingerprint density at radius 3 is 2.57 bits per heavy atom. The van der Waals surface area contributed by atoms with E-state index in [0.717, 1.165) is 33.8 Å². The molecule has 0 aromatic carbocycles. The fraction of sp³-hybridized carbons (Fsp3) is 0.273. The van der Waals surface area contributed by atoms with Crippen molar-refractivity contribution < 1.29 is 13.8 Å². The first kappa shape index (κ1) is 20.0. The zero-order valence-electron chi connectivity index (χ0n) is 17.0. The van der Waals surface area contributed by atoms with Crippen LogP contribution in [0.3, 0.4) is 0 Å². The monoisotopic (exact) mass is 422 g/mol. The van der Waals surface area contributed by atoms with E-state index >= 15 is 0 Å². The third kappa shape index (κ3) is 4.18. The summed E-state index contributed by atoms with van der Waals surface area (Å²) in [5.41, 5.74) is 4.68. The minimum absolute atomic E-state index is 0.277. The second kappa shape index (κ2) is 8.62. The van der Waals surface area contributed by atoms with Gasteiger partial charge < -0.3 is 14.4 Å². The van der Waals surface area contributed by atoms with Crippen molar-refractivity contribution in [1.82, 2.24) is 20.6 Å². The first-order chi connectivity index (χ1) is 14.5. The Morgan fingerprint density at radius 1 is 1.10 bits per heavy atom. The zero-order valence-corrected chi connectivity index (χ0v) is 17.8. The number of pyridine rings is 1. The van der Waals surface area contributed by atoms with Crippen LogP contribution < -0.4 is 5.32 Å². The van der Waals surface area contributed by atoms with Crippen LogP contribution in [-0.2, 0) is 12.8 Å². The number of rotatable bonds is 7. The molecule has 0 bridgehead atoms. The van der Waals surface area contributed by atoms with Crippen LogP contribution >= 0.6 is 11.3 Å². The van der Waals surface area contributed by atoms with Crippen LogP contribution in [0.25, 0.3) is 0 Å². The van der Waals surface area contributed by atoms with Gasteiger partial charge in [0.2, 0.25) is 0 Å². The van der Waals surface area contributed by atoms with Gasteiger partial charge in [0.25, 0.3) is 5.91 Å². The first-order valence-corrected chi connectivity index (χ1v) is 10.6. The van der Waals surface area contributed by atoms with E-state index in [1.54, 1.807) is 24.5 Å². The maximum Gasteiger partial charge on any atom is 0.274 e. The van der Waals surface area contributed by atoms with E-state index in [4.69, 9.17) is 9.05 Å². The summed E-state index contributed by atoms with van der Waals surface area (Å²) in [6, 6.07) is 7.46. The second-order valence-electron chi connectivity index (χ2n) is 7.16. The highest BCUT2D eigenvalue weighted by Crippen LogP contribution is 2.24. The van der Waals surface area contributed by atoms with Gasteiger partial charge in [-0.1, -0.05) is 16.4 Å². The topological polar surface area (TPSA) is 94.1 Å². The lowest BCUT2D eigenvalue weighted by atomic mass is 10.0. The van der Waals surface area contributed by atoms with E-state index in [9.17, 15) is 4.79 Å². The maximum atomic E-state index is 13.2. The van der Waals surface area contributed by atoms with Gasteiger partial charge in [-0.05, 0) is 61.7 Å². The average molecular weight is 423 g/mol. The summed E-state index contributed by atoms with van der Waals surface area (Å²) in [5, 5.41) is 15.2. The van der Waals surface area contributed by atoms with E-state index in [-0.39, 0.29) is 17.6 Å². The van der Waals surface area contributed by atoms with E-state index in [0.29, 0.717) is 18.6 Å². The highest BCUT2D eigenvalue weighted by Gasteiger charge is 2.25. The molecule has 4 aromatic heterocycles. The molecule has 0 aliphatic heterocycles. The van der Waals surface area contributed by atoms with Crippen LogP contribution in [0.4, 0.5) is 0 Å². The number of amides is 1. The molecular formula is C22H22N4O3S. The van der Waals surface area contributed by atoms with Gasteiger partial charge >= 0.3 is 0 Å². The Balaban J connectivity index is 1.60. The summed E-state index contributed by atoms with van der Waals surface area (Å²) >= 11 is 1.63. The van der Waals surface area contributed by atoms with Gasteiger partial charge in [-0.3, -0.25) is 9.78 Å². The SMILES string of the molecule is Cc1noc(C)c1Cc1c(C(=O)NC(Cc2ccsc2)c2ccccn2)noc1C. The molecular weight excluding hydrogens is 400 g/mol. The van der Waals surface area contributed by atoms with Gasteiger partial charge in [0.15, 0.2) is 5.69 Å². The Bertz CT molecular complexity index is 1110. The summed E-state index contributed by atoms with van der Waals surface area (Å²) in [5.74, 6) is 1.04. The Morgan fingerprint density at radius 2 is 1.90 bits per heavy atom. The van der Waals surface area contributed by atoms with E-state index in [1.165, 1.54) is 0 Å². The number of hydrogen-bond acceptors (Lipinski definition) is 7. The summed E-state index contributed by atoms with van der Waals surface area (Å²) in [4.78, 5) is 17.6. The molecule has 4 heterocycles. The minimum Gasteiger partial charge on any atom is -0.361 e. The fourth-order valence-electron chi connectivity index (χ4n) is 3.39. The maximum absolute atomic E-state index is 13.2. The molecule has 0 fully saturated rings. The third-order valence-corrected chi connectivity index (χ3v) is 5.84. The summed E-state index contributed by atoms with van der Waals surface area (Å²) < 4.78 is 10.6. The number of carbonyl (C=O) groups is 1. The second-order valence-corrected chi connectivity index (χ2v) is 7.94. The van der Waals surface area contributed by atoms with Gasteiger partial charge in [0.05, 0.1) is 17.4 Å². The normalized spacial score (nSPS) is 12.1. The van der Waals surface area contributed by atoms with E-state index in [1.807, 2.05) is 37.4 Å². The molecule has 7 nitrogen and oxygen atoms in total. The van der Waals surface area contributed by atoms with Crippen LogP contribution in [0.2, 0.25) is 0 Å². The van der Waals surface area contributed by atoms with Crippen molar-refractivity contribution >= 4 is 17.2 Å². The lowest BCUT2D eigenvalue weighted by Crippen LogP contribution is -2.31. The molecule has 1 unspecified atom stereocenters. The number of aryl methyl sites for hydroxylation is 3. The van der Waals surface area contributed by atoms with Crippen molar-refractivity contribution in [2.75, 3.05) is 0 Å². The molecule has 0 saturated carbocycles. The molecule has 8 heteroatoms. The quantitative estimate of drug-likeness (QED) is 0.476. The zero-order chi connectivity index (χ0) is 21.1. The Kier molecular flexibility index (Phi) is 5.76. The van der Waals surface area contributed by atoms with Crippen molar-refractivity contribution in [2.45, 2.75) is 39.7 Å². The van der Waals surface area contributed by atoms with Gasteiger partial charge in [-0.15, -0.1) is 0 Å². The minimum atomic E-state index is -0.292. The van der Waals surface area contributed by atoms with Gasteiger partial charge in [0, 0.05) is 23.7 Å². The standard InChI is InChI=1S/C22H22N4O3S/c1-13-17(14(2)28-25-13)11-18-15(3)29-26-21(18)22(27)24-20(10-16-7-9-30-12-16)19-6-4-5-8-23-19/h4-9,12,20H,10-11H2,1-3H3,(H,24,27). The van der Waals surface area contributed by atoms with Crippen molar-refractivity contribution in [3.63, 3.8) is 0 Å². The van der Waals surface area contributed by atoms with Gasteiger partial charge in [0.1, 0.15) is 11.5 Å². The molecule has 0 aliphatic rings. The highest BCUT2D eigenvalue weighted by molar-refractivity contribution is 7.07. The van der Waals surface area contributed by atoms with Crippen molar-refractivity contribution in [2.24, 2.45) is 0 Å². The molecule has 30 heavy (non-hydrogen) atoms. The van der Waals surface area contributed by atoms with Crippen molar-refractivity contribution in [1.29, 1.82) is 0 Å². The predicted molar refractivity (Wildman–Crippen MR) is 112 cm³/mol. The summed E-state index contributed by atoms with van der Waals surface area (Å²) in [6.45, 7) is 5.54. The Hall–Kier alpha value is -3.26. The van der Waals surface area contributed by atoms with Gasteiger partial charge in [-0.2, -0.15) is 11.3 Å². The van der Waals surface area contributed by atoms with E-state index in [2.05, 4.69) is 32.1 Å². The lowest BCUT2D eigenvalue weighted by molar-refractivity contribution is 0.0925. The molecule has 1 N–H and O–H groups in total. The van der Waals surface area contributed by atoms with Crippen LogP contribution in [-0.4, -0.2) is 21.2 Å². The summed E-state index contributed by atoms with van der Waals surface area (Å²) in [6.07, 6.45) is 2.84. The lowest BCUT2D eigenvalue weighted by Gasteiger charge is -2.17. The number of aromatic nitrogens is 3. The molecule has 0 spiro atoms.